The second-order valence-corrected chi connectivity index (χ2v) is 9.02. The highest BCUT2D eigenvalue weighted by atomic mass is 32.1. The Morgan fingerprint density at radius 3 is 2.55 bits per heavy atom. The molecule has 4 aromatic rings. The van der Waals surface area contributed by atoms with Crippen LogP contribution in [0.5, 0.6) is 0 Å². The van der Waals surface area contributed by atoms with Gasteiger partial charge >= 0.3 is 0 Å². The average molecular weight is 421 g/mol. The Hall–Kier alpha value is -2.54. The van der Waals surface area contributed by atoms with E-state index in [9.17, 15) is 4.79 Å². The van der Waals surface area contributed by atoms with Gasteiger partial charge in [0.2, 0.25) is 0 Å². The van der Waals surface area contributed by atoms with Gasteiger partial charge in [0.05, 0.1) is 29.0 Å². The van der Waals surface area contributed by atoms with E-state index in [0.717, 1.165) is 48.4 Å². The molecule has 6 heteroatoms. The molecule has 29 heavy (non-hydrogen) atoms. The van der Waals surface area contributed by atoms with Crippen molar-refractivity contribution < 1.29 is 4.90 Å². The topological polar surface area (TPSA) is 42.2 Å². The second-order valence-electron chi connectivity index (χ2n) is 7.53. The zero-order valence-electron chi connectivity index (χ0n) is 16.0. The van der Waals surface area contributed by atoms with E-state index < -0.39 is 0 Å². The van der Waals surface area contributed by atoms with Gasteiger partial charge in [0.25, 0.3) is 5.56 Å². The van der Waals surface area contributed by atoms with E-state index >= 15 is 0 Å². The zero-order chi connectivity index (χ0) is 19.8. The van der Waals surface area contributed by atoms with Crippen LogP contribution in [0.2, 0.25) is 0 Å². The smallest absolute Gasteiger partial charge is 0.267 e. The minimum Gasteiger partial charge on any atom is -0.330 e. The van der Waals surface area contributed by atoms with E-state index in [4.69, 9.17) is 12.2 Å². The zero-order valence-corrected chi connectivity index (χ0v) is 17.6. The molecule has 0 spiro atoms. The van der Waals surface area contributed by atoms with Crippen LogP contribution in [-0.4, -0.2) is 22.6 Å². The predicted octanol–water partition coefficient (Wildman–Crippen LogP) is 3.29. The molecule has 0 fully saturated rings. The van der Waals surface area contributed by atoms with Gasteiger partial charge in [-0.2, -0.15) is 0 Å². The summed E-state index contributed by atoms with van der Waals surface area (Å²) < 4.78 is 2.08. The molecule has 0 saturated carbocycles. The van der Waals surface area contributed by atoms with Crippen LogP contribution in [-0.2, 0) is 19.4 Å². The summed E-state index contributed by atoms with van der Waals surface area (Å²) >= 11 is 7.22. The minimum absolute atomic E-state index is 0.000172. The van der Waals surface area contributed by atoms with Crippen molar-refractivity contribution in [2.75, 3.05) is 13.1 Å². The van der Waals surface area contributed by atoms with Gasteiger partial charge in [0, 0.05) is 12.8 Å². The van der Waals surface area contributed by atoms with Crippen LogP contribution >= 0.6 is 23.6 Å². The molecular weight excluding hydrogens is 398 g/mol. The molecule has 4 nitrogen and oxygen atoms in total. The van der Waals surface area contributed by atoms with Crippen LogP contribution < -0.4 is 10.5 Å². The highest BCUT2D eigenvalue weighted by Gasteiger charge is 2.26. The number of hydrogen-bond acceptors (Lipinski definition) is 3. The molecule has 0 radical (unpaired) electrons. The van der Waals surface area contributed by atoms with Crippen molar-refractivity contribution in [3.05, 3.63) is 91.8 Å². The summed E-state index contributed by atoms with van der Waals surface area (Å²) in [6.07, 6.45) is 2.02. The number of quaternary nitrogens is 1. The van der Waals surface area contributed by atoms with Crippen LogP contribution in [0.3, 0.4) is 0 Å². The number of nitrogens with one attached hydrogen (secondary N) is 2. The number of aromatic nitrogens is 2. The van der Waals surface area contributed by atoms with Crippen molar-refractivity contribution >= 4 is 33.8 Å². The fraction of sp³-hybridized carbons (Fsp3) is 0.217. The van der Waals surface area contributed by atoms with Crippen molar-refractivity contribution in [3.63, 3.8) is 0 Å². The second kappa shape index (κ2) is 7.71. The highest BCUT2D eigenvalue weighted by molar-refractivity contribution is 7.71. The molecule has 0 aliphatic carbocycles. The molecule has 5 rings (SSSR count). The van der Waals surface area contributed by atoms with E-state index in [1.807, 2.05) is 30.3 Å². The first-order valence-corrected chi connectivity index (χ1v) is 11.2. The maximum atomic E-state index is 13.4. The normalized spacial score (nSPS) is 16.1. The largest absolute Gasteiger partial charge is 0.330 e. The van der Waals surface area contributed by atoms with Crippen LogP contribution in [0, 0.1) is 4.77 Å². The molecule has 0 bridgehead atoms. The summed E-state index contributed by atoms with van der Waals surface area (Å²) in [6.45, 7) is 3.15. The Balaban J connectivity index is 1.48. The fourth-order valence-electron chi connectivity index (χ4n) is 4.20. The number of benzene rings is 2. The molecule has 0 saturated heterocycles. The first-order chi connectivity index (χ1) is 14.2. The molecule has 1 atom stereocenters. The van der Waals surface area contributed by atoms with Gasteiger partial charge in [-0.25, -0.2) is 0 Å². The molecular formula is C23H22N3OS2+. The predicted molar refractivity (Wildman–Crippen MR) is 121 cm³/mol. The van der Waals surface area contributed by atoms with Crippen LogP contribution in [0.1, 0.15) is 16.0 Å². The first kappa shape index (κ1) is 18.5. The monoisotopic (exact) mass is 420 g/mol. The Morgan fingerprint density at radius 1 is 1.07 bits per heavy atom. The van der Waals surface area contributed by atoms with Crippen LogP contribution in [0.25, 0.3) is 15.9 Å². The summed E-state index contributed by atoms with van der Waals surface area (Å²) in [5.74, 6) is 0. The van der Waals surface area contributed by atoms with Crippen molar-refractivity contribution in [2.45, 2.75) is 19.4 Å². The average Bonchev–Trinajstić information content (AvgIpc) is 3.11. The number of H-pyrrole nitrogens is 1. The highest BCUT2D eigenvalue weighted by Crippen LogP contribution is 2.29. The lowest BCUT2D eigenvalue weighted by Gasteiger charge is -2.23. The molecule has 2 N–H and O–H groups in total. The molecule has 3 heterocycles. The molecule has 0 amide bonds. The lowest BCUT2D eigenvalue weighted by atomic mass is 10.0. The van der Waals surface area contributed by atoms with Crippen LogP contribution in [0.15, 0.2) is 65.5 Å². The summed E-state index contributed by atoms with van der Waals surface area (Å²) in [4.78, 5) is 20.5. The van der Waals surface area contributed by atoms with E-state index in [2.05, 4.69) is 35.3 Å². The third-order valence-corrected chi connectivity index (χ3v) is 7.13. The molecule has 2 aromatic carbocycles. The standard InChI is InChI=1S/C23H21N3OS2/c27-22-20-18-12-14-25(13-11-16-7-3-1-4-8-16)15-19(18)29-21(20)24-23(28)26(22)17-9-5-2-6-10-17/h1-10H,11-15H2,(H,24,28)/p+1. The third kappa shape index (κ3) is 3.48. The van der Waals surface area contributed by atoms with Gasteiger partial charge in [-0.1, -0.05) is 48.5 Å². The Labute approximate surface area is 178 Å². The Kier molecular flexibility index (Phi) is 4.91. The van der Waals surface area contributed by atoms with Crippen molar-refractivity contribution in [1.29, 1.82) is 0 Å². The number of fused-ring (bicyclic) bond motifs is 3. The van der Waals surface area contributed by atoms with E-state index in [0.29, 0.717) is 4.77 Å². The lowest BCUT2D eigenvalue weighted by Crippen LogP contribution is -3.11. The van der Waals surface area contributed by atoms with Crippen LogP contribution in [0.4, 0.5) is 0 Å². The SMILES string of the molecule is O=c1c2c3c(sc2[nH]c(=S)n1-c1ccccc1)C[NH+](CCc1ccccc1)CC3. The summed E-state index contributed by atoms with van der Waals surface area (Å²) in [5, 5.41) is 0.824. The van der Waals surface area contributed by atoms with Gasteiger partial charge in [-0.15, -0.1) is 11.3 Å². The number of rotatable bonds is 4. The number of hydrogen-bond donors (Lipinski definition) is 2. The van der Waals surface area contributed by atoms with Crippen molar-refractivity contribution in [1.82, 2.24) is 9.55 Å². The number of thiophene rings is 1. The molecule has 1 aliphatic heterocycles. The molecule has 2 aromatic heterocycles. The number of aromatic amines is 1. The lowest BCUT2D eigenvalue weighted by molar-refractivity contribution is -0.915. The van der Waals surface area contributed by atoms with Gasteiger partial charge in [0.1, 0.15) is 11.4 Å². The van der Waals surface area contributed by atoms with E-state index in [1.165, 1.54) is 16.0 Å². The summed E-state index contributed by atoms with van der Waals surface area (Å²) in [5.41, 5.74) is 3.41. The van der Waals surface area contributed by atoms with Gasteiger partial charge in [-0.3, -0.25) is 9.36 Å². The van der Waals surface area contributed by atoms with Gasteiger partial charge in [0.15, 0.2) is 4.77 Å². The number of para-hydroxylation sites is 1. The van der Waals surface area contributed by atoms with Gasteiger partial charge in [-0.05, 0) is 35.5 Å². The fourth-order valence-corrected chi connectivity index (χ4v) is 5.86. The van der Waals surface area contributed by atoms with Gasteiger partial charge < -0.3 is 9.88 Å². The van der Waals surface area contributed by atoms with Crippen molar-refractivity contribution in [2.24, 2.45) is 0 Å². The molecule has 146 valence electrons. The van der Waals surface area contributed by atoms with E-state index in [-0.39, 0.29) is 5.56 Å². The van der Waals surface area contributed by atoms with Crippen molar-refractivity contribution in [3.8, 4) is 5.69 Å². The first-order valence-electron chi connectivity index (χ1n) is 9.93. The third-order valence-electron chi connectivity index (χ3n) is 5.69. The maximum absolute atomic E-state index is 13.4. The summed E-state index contributed by atoms with van der Waals surface area (Å²) in [6, 6.07) is 20.3. The summed E-state index contributed by atoms with van der Waals surface area (Å²) in [7, 11) is 0. The molecule has 1 aliphatic rings. The maximum Gasteiger partial charge on any atom is 0.267 e. The minimum atomic E-state index is 0.000172. The Morgan fingerprint density at radius 2 is 1.79 bits per heavy atom. The van der Waals surface area contributed by atoms with E-state index in [1.54, 1.807) is 20.8 Å². The Bertz CT molecular complexity index is 1270. The quantitative estimate of drug-likeness (QED) is 0.498. The molecule has 1 unspecified atom stereocenters. The number of nitrogens with zero attached hydrogens (tertiary/aromatic N) is 1.